The SMILES string of the molecule is BC1=C/C(=C/C2=CC(C)C3=C=C(C=C(/C=C\C)C(C=C)=C3)C2(C)C)C(C)C=C1. The van der Waals surface area contributed by atoms with Crippen LogP contribution >= 0.6 is 0 Å². The van der Waals surface area contributed by atoms with Crippen LogP contribution in [0.25, 0.3) is 0 Å². The highest BCUT2D eigenvalue weighted by atomic mass is 14.3. The van der Waals surface area contributed by atoms with Gasteiger partial charge in [0.1, 0.15) is 7.85 Å². The zero-order chi connectivity index (χ0) is 20.5. The third-order valence-corrected chi connectivity index (χ3v) is 5.99. The summed E-state index contributed by atoms with van der Waals surface area (Å²) < 4.78 is 0. The highest BCUT2D eigenvalue weighted by Crippen LogP contribution is 2.43. The fourth-order valence-electron chi connectivity index (χ4n) is 3.95. The second-order valence-corrected chi connectivity index (χ2v) is 8.61. The Hall–Kier alpha value is -2.50. The van der Waals surface area contributed by atoms with E-state index in [4.69, 9.17) is 0 Å². The molecule has 2 atom stereocenters. The Kier molecular flexibility index (Phi) is 5.68. The van der Waals surface area contributed by atoms with Crippen LogP contribution in [0.3, 0.4) is 0 Å². The second-order valence-electron chi connectivity index (χ2n) is 8.61. The molecular formula is C27H31B. The molecule has 3 aliphatic carbocycles. The molecular weight excluding hydrogens is 335 g/mol. The molecule has 3 rings (SSSR count). The Morgan fingerprint density at radius 3 is 2.54 bits per heavy atom. The van der Waals surface area contributed by atoms with Crippen molar-refractivity contribution >= 4 is 7.85 Å². The van der Waals surface area contributed by atoms with E-state index in [9.17, 15) is 0 Å². The fraction of sp³-hybridized carbons (Fsp3) is 0.296. The lowest BCUT2D eigenvalue weighted by Crippen LogP contribution is -2.17. The first-order valence-electron chi connectivity index (χ1n) is 10.3. The predicted octanol–water partition coefficient (Wildman–Crippen LogP) is 6.32. The quantitative estimate of drug-likeness (QED) is 0.405. The Labute approximate surface area is 171 Å². The molecule has 0 aromatic heterocycles. The zero-order valence-corrected chi connectivity index (χ0v) is 18.1. The van der Waals surface area contributed by atoms with Crippen molar-refractivity contribution in [3.05, 3.63) is 112 Å². The third kappa shape index (κ3) is 3.86. The van der Waals surface area contributed by atoms with Crippen LogP contribution in [-0.2, 0) is 0 Å². The van der Waals surface area contributed by atoms with E-state index in [1.54, 1.807) is 0 Å². The summed E-state index contributed by atoms with van der Waals surface area (Å²) in [4.78, 5) is 0. The van der Waals surface area contributed by atoms with E-state index < -0.39 is 0 Å². The summed E-state index contributed by atoms with van der Waals surface area (Å²) in [6.07, 6.45) is 22.4. The van der Waals surface area contributed by atoms with Gasteiger partial charge in [-0.05, 0) is 47.3 Å². The van der Waals surface area contributed by atoms with Crippen molar-refractivity contribution in [1.82, 2.24) is 0 Å². The third-order valence-electron chi connectivity index (χ3n) is 5.99. The van der Waals surface area contributed by atoms with Crippen molar-refractivity contribution in [2.75, 3.05) is 0 Å². The van der Waals surface area contributed by atoms with Crippen molar-refractivity contribution in [3.63, 3.8) is 0 Å². The molecule has 0 aromatic carbocycles. The minimum absolute atomic E-state index is 0.122. The molecule has 0 saturated carbocycles. The maximum Gasteiger partial charge on any atom is 0.139 e. The van der Waals surface area contributed by atoms with Crippen molar-refractivity contribution in [1.29, 1.82) is 0 Å². The molecule has 3 aliphatic rings. The van der Waals surface area contributed by atoms with Crippen LogP contribution in [0, 0.1) is 17.3 Å². The average molecular weight is 366 g/mol. The van der Waals surface area contributed by atoms with Gasteiger partial charge in [-0.1, -0.05) is 88.4 Å². The summed E-state index contributed by atoms with van der Waals surface area (Å²) in [5.41, 5.74) is 12.5. The first-order valence-corrected chi connectivity index (χ1v) is 10.3. The van der Waals surface area contributed by atoms with Gasteiger partial charge >= 0.3 is 0 Å². The van der Waals surface area contributed by atoms with Crippen LogP contribution in [0.15, 0.2) is 112 Å². The van der Waals surface area contributed by atoms with Crippen LogP contribution in [0.5, 0.6) is 0 Å². The molecule has 142 valence electrons. The van der Waals surface area contributed by atoms with Crippen LogP contribution < -0.4 is 0 Å². The molecule has 0 spiro atoms. The Bertz CT molecular complexity index is 973. The topological polar surface area (TPSA) is 0 Å². The van der Waals surface area contributed by atoms with E-state index >= 15 is 0 Å². The Balaban J connectivity index is 2.16. The molecule has 0 radical (unpaired) electrons. The standard InChI is InChI=1S/C27H31B/c1-7-9-21-14-25-15-22(13-20(21)8-2)19(4)12-24(27(25,5)6)16-23-17-26(28)11-10-18(23)3/h7-14,16-19H,2,28H2,1,3-6H3/b9-7-,23-16-. The maximum absolute atomic E-state index is 4.03. The molecule has 0 nitrogen and oxygen atoms in total. The Morgan fingerprint density at radius 2 is 1.86 bits per heavy atom. The van der Waals surface area contributed by atoms with Crippen LogP contribution in [-0.4, -0.2) is 7.85 Å². The molecule has 2 unspecified atom stereocenters. The van der Waals surface area contributed by atoms with Gasteiger partial charge in [-0.2, -0.15) is 0 Å². The number of hydrogen-bond acceptors (Lipinski definition) is 0. The van der Waals surface area contributed by atoms with Gasteiger partial charge in [0.05, 0.1) is 0 Å². The minimum Gasteiger partial charge on any atom is -0.112 e. The van der Waals surface area contributed by atoms with Gasteiger partial charge in [-0.15, -0.1) is 5.73 Å². The first kappa shape index (κ1) is 20.2. The van der Waals surface area contributed by atoms with E-state index in [0.717, 1.165) is 5.57 Å². The predicted molar refractivity (Wildman–Crippen MR) is 126 cm³/mol. The van der Waals surface area contributed by atoms with Crippen molar-refractivity contribution in [2.45, 2.75) is 34.6 Å². The summed E-state index contributed by atoms with van der Waals surface area (Å²) in [7, 11) is 2.17. The van der Waals surface area contributed by atoms with E-state index in [1.807, 2.05) is 6.08 Å². The smallest absolute Gasteiger partial charge is 0.112 e. The second kappa shape index (κ2) is 7.86. The van der Waals surface area contributed by atoms with Crippen LogP contribution in [0.2, 0.25) is 0 Å². The van der Waals surface area contributed by atoms with Gasteiger partial charge in [-0.25, -0.2) is 0 Å². The highest BCUT2D eigenvalue weighted by molar-refractivity contribution is 6.23. The van der Waals surface area contributed by atoms with E-state index in [-0.39, 0.29) is 5.41 Å². The van der Waals surface area contributed by atoms with Gasteiger partial charge in [-0.3, -0.25) is 0 Å². The molecule has 0 N–H and O–H groups in total. The summed E-state index contributed by atoms with van der Waals surface area (Å²) in [6.45, 7) is 15.3. The molecule has 0 aromatic rings. The van der Waals surface area contributed by atoms with Gasteiger partial charge in [0.15, 0.2) is 0 Å². The van der Waals surface area contributed by atoms with Gasteiger partial charge in [0.2, 0.25) is 0 Å². The molecule has 0 aliphatic heterocycles. The van der Waals surface area contributed by atoms with E-state index in [2.05, 4.69) is 109 Å². The van der Waals surface area contributed by atoms with Crippen LogP contribution in [0.1, 0.15) is 34.6 Å². The average Bonchev–Trinajstić information content (AvgIpc) is 2.88. The number of hydrogen-bond donors (Lipinski definition) is 0. The lowest BCUT2D eigenvalue weighted by molar-refractivity contribution is 0.563. The van der Waals surface area contributed by atoms with Crippen molar-refractivity contribution in [3.8, 4) is 0 Å². The molecule has 0 fully saturated rings. The lowest BCUT2D eigenvalue weighted by Gasteiger charge is -2.29. The molecule has 0 amide bonds. The lowest BCUT2D eigenvalue weighted by atomic mass is 9.74. The molecule has 0 heterocycles. The highest BCUT2D eigenvalue weighted by Gasteiger charge is 2.30. The molecule has 1 heteroatoms. The first-order chi connectivity index (χ1) is 13.3. The molecule has 0 saturated heterocycles. The van der Waals surface area contributed by atoms with Crippen molar-refractivity contribution in [2.24, 2.45) is 17.3 Å². The van der Waals surface area contributed by atoms with E-state index in [0.29, 0.717) is 11.8 Å². The largest absolute Gasteiger partial charge is 0.139 e. The summed E-state index contributed by atoms with van der Waals surface area (Å²) >= 11 is 0. The zero-order valence-electron chi connectivity index (χ0n) is 18.1. The molecule has 28 heavy (non-hydrogen) atoms. The van der Waals surface area contributed by atoms with E-state index in [1.165, 1.54) is 33.3 Å². The van der Waals surface area contributed by atoms with Crippen LogP contribution in [0.4, 0.5) is 0 Å². The normalized spacial score (nSPS) is 27.8. The number of allylic oxidation sites excluding steroid dienone is 16. The monoisotopic (exact) mass is 366 g/mol. The fourth-order valence-corrected chi connectivity index (χ4v) is 3.95. The van der Waals surface area contributed by atoms with Gasteiger partial charge < -0.3 is 0 Å². The Morgan fingerprint density at radius 1 is 1.11 bits per heavy atom. The summed E-state index contributed by atoms with van der Waals surface area (Å²) in [6, 6.07) is 0. The molecule has 2 bridgehead atoms. The van der Waals surface area contributed by atoms with Gasteiger partial charge in [0.25, 0.3) is 0 Å². The maximum atomic E-state index is 4.03. The van der Waals surface area contributed by atoms with Gasteiger partial charge in [0, 0.05) is 22.5 Å². The number of rotatable bonds is 3. The summed E-state index contributed by atoms with van der Waals surface area (Å²) in [5, 5.41) is 0. The van der Waals surface area contributed by atoms with Crippen molar-refractivity contribution < 1.29 is 0 Å². The summed E-state index contributed by atoms with van der Waals surface area (Å²) in [5.74, 6) is 0.740. The minimum atomic E-state index is -0.122.